The molecule has 1 amide bonds. The normalized spacial score (nSPS) is 10.0. The zero-order valence-corrected chi connectivity index (χ0v) is 12.8. The zero-order chi connectivity index (χ0) is 15.7. The zero-order valence-electron chi connectivity index (χ0n) is 12.1. The van der Waals surface area contributed by atoms with Crippen molar-refractivity contribution in [2.45, 2.75) is 13.3 Å². The van der Waals surface area contributed by atoms with Gasteiger partial charge < -0.3 is 20.1 Å². The molecule has 0 unspecified atom stereocenters. The second kappa shape index (κ2) is 9.20. The third kappa shape index (κ3) is 6.46. The second-order valence-corrected chi connectivity index (χ2v) is 4.54. The van der Waals surface area contributed by atoms with Crippen LogP contribution in [0.4, 0.5) is 5.69 Å². The quantitative estimate of drug-likeness (QED) is 0.565. The number of rotatable bonds is 8. The third-order valence-corrected chi connectivity index (χ3v) is 2.83. The SMILES string of the molecule is CCOC(=O)CCNCC(=O)Nc1ccc(OC)c(Cl)c1. The molecule has 0 atom stereocenters. The maximum absolute atomic E-state index is 11.7. The number of nitrogens with one attached hydrogen (secondary N) is 2. The predicted molar refractivity (Wildman–Crippen MR) is 80.8 cm³/mol. The first-order chi connectivity index (χ1) is 10.1. The fourth-order valence-corrected chi connectivity index (χ4v) is 1.83. The Balaban J connectivity index is 2.30. The van der Waals surface area contributed by atoms with Gasteiger partial charge in [-0.2, -0.15) is 0 Å². The van der Waals surface area contributed by atoms with E-state index in [2.05, 4.69) is 10.6 Å². The summed E-state index contributed by atoms with van der Waals surface area (Å²) >= 11 is 5.96. The largest absolute Gasteiger partial charge is 0.495 e. The maximum Gasteiger partial charge on any atom is 0.307 e. The van der Waals surface area contributed by atoms with Crippen molar-refractivity contribution in [3.05, 3.63) is 23.2 Å². The minimum Gasteiger partial charge on any atom is -0.495 e. The number of amides is 1. The van der Waals surface area contributed by atoms with Crippen LogP contribution in [-0.4, -0.2) is 38.7 Å². The molecule has 0 aliphatic carbocycles. The first-order valence-corrected chi connectivity index (χ1v) is 6.94. The molecule has 0 saturated heterocycles. The Hall–Kier alpha value is -1.79. The monoisotopic (exact) mass is 314 g/mol. The first-order valence-electron chi connectivity index (χ1n) is 6.56. The van der Waals surface area contributed by atoms with E-state index < -0.39 is 0 Å². The van der Waals surface area contributed by atoms with E-state index in [9.17, 15) is 9.59 Å². The highest BCUT2D eigenvalue weighted by Gasteiger charge is 2.06. The fraction of sp³-hybridized carbons (Fsp3) is 0.429. The molecule has 0 spiro atoms. The summed E-state index contributed by atoms with van der Waals surface area (Å²) in [6.07, 6.45) is 0.232. The van der Waals surface area contributed by atoms with E-state index >= 15 is 0 Å². The van der Waals surface area contributed by atoms with Gasteiger partial charge in [-0.05, 0) is 25.1 Å². The number of hydrogen-bond donors (Lipinski definition) is 2. The van der Waals surface area contributed by atoms with Crippen LogP contribution in [0.3, 0.4) is 0 Å². The fourth-order valence-electron chi connectivity index (χ4n) is 1.57. The van der Waals surface area contributed by atoms with Crippen molar-refractivity contribution >= 4 is 29.2 Å². The molecular weight excluding hydrogens is 296 g/mol. The number of carbonyl (C=O) groups is 2. The van der Waals surface area contributed by atoms with Crippen LogP contribution in [0, 0.1) is 0 Å². The van der Waals surface area contributed by atoms with Gasteiger partial charge in [-0.25, -0.2) is 0 Å². The topological polar surface area (TPSA) is 76.7 Å². The molecule has 1 aromatic rings. The van der Waals surface area contributed by atoms with Crippen LogP contribution in [-0.2, 0) is 14.3 Å². The number of esters is 1. The van der Waals surface area contributed by atoms with Gasteiger partial charge in [0.25, 0.3) is 0 Å². The van der Waals surface area contributed by atoms with Crippen LogP contribution < -0.4 is 15.4 Å². The van der Waals surface area contributed by atoms with Crippen molar-refractivity contribution in [2.24, 2.45) is 0 Å². The Kier molecular flexibility index (Phi) is 7.56. The van der Waals surface area contributed by atoms with Crippen LogP contribution in [0.5, 0.6) is 5.75 Å². The Morgan fingerprint density at radius 3 is 2.71 bits per heavy atom. The van der Waals surface area contributed by atoms with Gasteiger partial charge in [-0.15, -0.1) is 0 Å². The molecule has 0 aliphatic heterocycles. The van der Waals surface area contributed by atoms with Crippen LogP contribution in [0.15, 0.2) is 18.2 Å². The highest BCUT2D eigenvalue weighted by Crippen LogP contribution is 2.26. The van der Waals surface area contributed by atoms with Gasteiger partial charge in [0.05, 0.1) is 31.7 Å². The maximum atomic E-state index is 11.7. The molecule has 0 radical (unpaired) electrons. The Labute approximate surface area is 128 Å². The van der Waals surface area contributed by atoms with Crippen molar-refractivity contribution in [1.29, 1.82) is 0 Å². The van der Waals surface area contributed by atoms with Gasteiger partial charge >= 0.3 is 5.97 Å². The van der Waals surface area contributed by atoms with Gasteiger partial charge in [0, 0.05) is 12.2 Å². The molecule has 7 heteroatoms. The number of ether oxygens (including phenoxy) is 2. The van der Waals surface area contributed by atoms with Gasteiger partial charge in [-0.3, -0.25) is 9.59 Å². The summed E-state index contributed by atoms with van der Waals surface area (Å²) in [5, 5.41) is 5.97. The van der Waals surface area contributed by atoms with E-state index in [4.69, 9.17) is 21.1 Å². The van der Waals surface area contributed by atoms with Crippen LogP contribution in [0.1, 0.15) is 13.3 Å². The molecule has 2 N–H and O–H groups in total. The van der Waals surface area contributed by atoms with E-state index in [1.807, 2.05) is 0 Å². The van der Waals surface area contributed by atoms with E-state index in [1.165, 1.54) is 7.11 Å². The van der Waals surface area contributed by atoms with E-state index in [0.717, 1.165) is 0 Å². The minimum atomic E-state index is -0.285. The van der Waals surface area contributed by atoms with Crippen LogP contribution >= 0.6 is 11.6 Å². The van der Waals surface area contributed by atoms with Crippen molar-refractivity contribution in [2.75, 3.05) is 32.1 Å². The lowest BCUT2D eigenvalue weighted by Crippen LogP contribution is -2.29. The lowest BCUT2D eigenvalue weighted by atomic mass is 10.3. The van der Waals surface area contributed by atoms with Gasteiger partial charge in [0.2, 0.25) is 5.91 Å². The molecule has 0 bridgehead atoms. The molecule has 116 valence electrons. The average molecular weight is 315 g/mol. The van der Waals surface area contributed by atoms with Crippen molar-refractivity contribution in [3.8, 4) is 5.75 Å². The smallest absolute Gasteiger partial charge is 0.307 e. The molecular formula is C14H19ClN2O4. The highest BCUT2D eigenvalue weighted by molar-refractivity contribution is 6.32. The van der Waals surface area contributed by atoms with E-state index in [1.54, 1.807) is 25.1 Å². The number of hydrogen-bond acceptors (Lipinski definition) is 5. The Morgan fingerprint density at radius 2 is 2.10 bits per heavy atom. The molecule has 0 fully saturated rings. The summed E-state index contributed by atoms with van der Waals surface area (Å²) in [7, 11) is 1.52. The van der Waals surface area contributed by atoms with Crippen molar-refractivity contribution in [3.63, 3.8) is 0 Å². The summed E-state index contributed by atoms with van der Waals surface area (Å²) < 4.78 is 9.80. The lowest BCUT2D eigenvalue weighted by molar-refractivity contribution is -0.143. The average Bonchev–Trinajstić information content (AvgIpc) is 2.44. The number of methoxy groups -OCH3 is 1. The standard InChI is InChI=1S/C14H19ClN2O4/c1-3-21-14(19)6-7-16-9-13(18)17-10-4-5-12(20-2)11(15)8-10/h4-5,8,16H,3,6-7,9H2,1-2H3,(H,17,18). The molecule has 0 aliphatic rings. The lowest BCUT2D eigenvalue weighted by Gasteiger charge is -2.08. The highest BCUT2D eigenvalue weighted by atomic mass is 35.5. The Morgan fingerprint density at radius 1 is 1.33 bits per heavy atom. The summed E-state index contributed by atoms with van der Waals surface area (Å²) in [6.45, 7) is 2.59. The molecule has 1 aromatic carbocycles. The molecule has 1 rings (SSSR count). The van der Waals surface area contributed by atoms with Crippen molar-refractivity contribution in [1.82, 2.24) is 5.32 Å². The number of anilines is 1. The molecule has 0 heterocycles. The number of carbonyl (C=O) groups excluding carboxylic acids is 2. The number of halogens is 1. The number of benzene rings is 1. The molecule has 21 heavy (non-hydrogen) atoms. The predicted octanol–water partition coefficient (Wildman–Crippen LogP) is 1.83. The first kappa shape index (κ1) is 17.3. The Bertz CT molecular complexity index is 494. The van der Waals surface area contributed by atoms with Crippen LogP contribution in [0.25, 0.3) is 0 Å². The van der Waals surface area contributed by atoms with Gasteiger partial charge in [-0.1, -0.05) is 11.6 Å². The molecule has 0 saturated carbocycles. The van der Waals surface area contributed by atoms with E-state index in [0.29, 0.717) is 29.6 Å². The summed E-state index contributed by atoms with van der Waals surface area (Å²) in [6, 6.07) is 4.98. The van der Waals surface area contributed by atoms with Gasteiger partial charge in [0.15, 0.2) is 0 Å². The minimum absolute atomic E-state index is 0.100. The van der Waals surface area contributed by atoms with Crippen molar-refractivity contribution < 1.29 is 19.1 Å². The molecule has 0 aromatic heterocycles. The van der Waals surface area contributed by atoms with Crippen LogP contribution in [0.2, 0.25) is 5.02 Å². The summed E-state index contributed by atoms with van der Waals surface area (Å²) in [5.41, 5.74) is 0.581. The van der Waals surface area contributed by atoms with E-state index in [-0.39, 0.29) is 24.8 Å². The summed E-state index contributed by atoms with van der Waals surface area (Å²) in [4.78, 5) is 22.8. The second-order valence-electron chi connectivity index (χ2n) is 4.13. The third-order valence-electron chi connectivity index (χ3n) is 2.53. The summed E-state index contributed by atoms with van der Waals surface area (Å²) in [5.74, 6) is 0.0367. The van der Waals surface area contributed by atoms with Gasteiger partial charge in [0.1, 0.15) is 5.75 Å². The molecule has 6 nitrogen and oxygen atoms in total.